The van der Waals surface area contributed by atoms with Crippen LogP contribution < -0.4 is 10.2 Å². The molecule has 0 bridgehead atoms. The van der Waals surface area contributed by atoms with E-state index >= 15 is 0 Å². The second kappa shape index (κ2) is 4.63. The molecule has 1 heterocycles. The van der Waals surface area contributed by atoms with Crippen LogP contribution in [0.1, 0.15) is 13.8 Å². The van der Waals surface area contributed by atoms with E-state index in [1.807, 2.05) is 11.0 Å². The second-order valence-corrected chi connectivity index (χ2v) is 5.08. The first kappa shape index (κ1) is 12.3. The van der Waals surface area contributed by atoms with Gasteiger partial charge in [0.2, 0.25) is 0 Å². The molecule has 3 nitrogen and oxygen atoms in total. The van der Waals surface area contributed by atoms with E-state index in [0.717, 1.165) is 12.2 Å². The zero-order valence-corrected chi connectivity index (χ0v) is 10.3. The Balaban J connectivity index is 2.27. The maximum absolute atomic E-state index is 13.2. The number of aliphatic hydroxyl groups is 1. The Morgan fingerprint density at radius 1 is 1.53 bits per heavy atom. The fourth-order valence-electron chi connectivity index (χ4n) is 2.24. The van der Waals surface area contributed by atoms with Crippen LogP contribution in [0.2, 0.25) is 0 Å². The van der Waals surface area contributed by atoms with Crippen molar-refractivity contribution in [1.82, 2.24) is 5.32 Å². The van der Waals surface area contributed by atoms with Gasteiger partial charge in [0.15, 0.2) is 0 Å². The van der Waals surface area contributed by atoms with Gasteiger partial charge in [0.1, 0.15) is 5.82 Å². The third-order valence-corrected chi connectivity index (χ3v) is 3.13. The summed E-state index contributed by atoms with van der Waals surface area (Å²) in [6.07, 6.45) is 0. The van der Waals surface area contributed by atoms with E-state index < -0.39 is 5.60 Å². The van der Waals surface area contributed by atoms with Crippen LogP contribution >= 0.6 is 0 Å². The molecule has 1 aliphatic heterocycles. The van der Waals surface area contributed by atoms with Crippen molar-refractivity contribution in [2.24, 2.45) is 0 Å². The largest absolute Gasteiger partial charge is 0.387 e. The van der Waals surface area contributed by atoms with Crippen LogP contribution in [0.4, 0.5) is 10.1 Å². The van der Waals surface area contributed by atoms with Gasteiger partial charge in [0.05, 0.1) is 5.60 Å². The first-order chi connectivity index (χ1) is 7.98. The molecule has 0 radical (unpaired) electrons. The third-order valence-electron chi connectivity index (χ3n) is 3.13. The molecule has 1 aliphatic rings. The Bertz CT molecular complexity index is 395. The predicted octanol–water partition coefficient (Wildman–Crippen LogP) is 1.37. The molecule has 0 aromatic heterocycles. The molecule has 4 heteroatoms. The summed E-state index contributed by atoms with van der Waals surface area (Å²) >= 11 is 0. The van der Waals surface area contributed by atoms with Crippen molar-refractivity contribution in [3.63, 3.8) is 0 Å². The minimum absolute atomic E-state index is 0.228. The minimum Gasteiger partial charge on any atom is -0.387 e. The number of nitrogens with one attached hydrogen (secondary N) is 1. The molecule has 1 aromatic carbocycles. The van der Waals surface area contributed by atoms with Gasteiger partial charge in [0, 0.05) is 31.4 Å². The Hall–Kier alpha value is -1.13. The van der Waals surface area contributed by atoms with Crippen molar-refractivity contribution < 1.29 is 9.50 Å². The van der Waals surface area contributed by atoms with Crippen molar-refractivity contribution in [2.45, 2.75) is 25.5 Å². The third kappa shape index (κ3) is 2.96. The van der Waals surface area contributed by atoms with E-state index in [9.17, 15) is 9.50 Å². The molecule has 0 aliphatic carbocycles. The lowest BCUT2D eigenvalue weighted by molar-refractivity contribution is 0.0726. The molecule has 0 amide bonds. The normalized spacial score (nSPS) is 30.1. The van der Waals surface area contributed by atoms with Crippen LogP contribution in [0.25, 0.3) is 0 Å². The monoisotopic (exact) mass is 238 g/mol. The standard InChI is InChI=1S/C13H19FN2O/c1-10-7-15-8-13(2,17)9-16(10)12-5-3-4-11(14)6-12/h3-6,10,15,17H,7-9H2,1-2H3. The van der Waals surface area contributed by atoms with Crippen molar-refractivity contribution >= 4 is 5.69 Å². The Morgan fingerprint density at radius 2 is 2.29 bits per heavy atom. The summed E-state index contributed by atoms with van der Waals surface area (Å²) < 4.78 is 13.2. The van der Waals surface area contributed by atoms with E-state index in [2.05, 4.69) is 12.2 Å². The highest BCUT2D eigenvalue weighted by atomic mass is 19.1. The zero-order chi connectivity index (χ0) is 12.5. The number of nitrogens with zero attached hydrogens (tertiary/aromatic N) is 1. The van der Waals surface area contributed by atoms with E-state index in [4.69, 9.17) is 0 Å². The highest BCUT2D eigenvalue weighted by Gasteiger charge is 2.30. The van der Waals surface area contributed by atoms with Crippen molar-refractivity contribution in [3.05, 3.63) is 30.1 Å². The summed E-state index contributed by atoms with van der Waals surface area (Å²) in [4.78, 5) is 2.04. The molecular weight excluding hydrogens is 219 g/mol. The van der Waals surface area contributed by atoms with Crippen LogP contribution in [-0.4, -0.2) is 36.4 Å². The van der Waals surface area contributed by atoms with Gasteiger partial charge in [-0.15, -0.1) is 0 Å². The van der Waals surface area contributed by atoms with Gasteiger partial charge >= 0.3 is 0 Å². The van der Waals surface area contributed by atoms with Crippen LogP contribution in [0, 0.1) is 5.82 Å². The molecule has 1 aromatic rings. The van der Waals surface area contributed by atoms with Crippen molar-refractivity contribution in [1.29, 1.82) is 0 Å². The average Bonchev–Trinajstić information content (AvgIpc) is 2.38. The molecule has 2 N–H and O–H groups in total. The van der Waals surface area contributed by atoms with Gasteiger partial charge in [-0.3, -0.25) is 0 Å². The molecular formula is C13H19FN2O. The fraction of sp³-hybridized carbons (Fsp3) is 0.538. The second-order valence-electron chi connectivity index (χ2n) is 5.08. The maximum Gasteiger partial charge on any atom is 0.125 e. The van der Waals surface area contributed by atoms with Crippen LogP contribution in [-0.2, 0) is 0 Å². The molecule has 2 rings (SSSR count). The number of β-amino-alcohol motifs (C(OH)–C–C–N with tert-alkyl or cyclic N) is 1. The maximum atomic E-state index is 13.2. The topological polar surface area (TPSA) is 35.5 Å². The molecule has 0 spiro atoms. The van der Waals surface area contributed by atoms with E-state index in [-0.39, 0.29) is 11.9 Å². The van der Waals surface area contributed by atoms with Crippen LogP contribution in [0.3, 0.4) is 0 Å². The van der Waals surface area contributed by atoms with Gasteiger partial charge < -0.3 is 15.3 Å². The van der Waals surface area contributed by atoms with Crippen LogP contribution in [0.15, 0.2) is 24.3 Å². The number of hydrogen-bond acceptors (Lipinski definition) is 3. The van der Waals surface area contributed by atoms with Crippen molar-refractivity contribution in [3.8, 4) is 0 Å². The number of anilines is 1. The zero-order valence-electron chi connectivity index (χ0n) is 10.3. The smallest absolute Gasteiger partial charge is 0.125 e. The number of rotatable bonds is 1. The Kier molecular flexibility index (Phi) is 3.35. The minimum atomic E-state index is -0.795. The number of benzene rings is 1. The quantitative estimate of drug-likeness (QED) is 0.776. The average molecular weight is 238 g/mol. The highest BCUT2D eigenvalue weighted by Crippen LogP contribution is 2.22. The lowest BCUT2D eigenvalue weighted by Gasteiger charge is -2.33. The van der Waals surface area contributed by atoms with Gasteiger partial charge in [-0.25, -0.2) is 4.39 Å². The summed E-state index contributed by atoms with van der Waals surface area (Å²) in [6, 6.07) is 6.75. The number of halogens is 1. The summed E-state index contributed by atoms with van der Waals surface area (Å²) in [5.74, 6) is -0.244. The Morgan fingerprint density at radius 3 is 3.00 bits per heavy atom. The number of hydrogen-bond donors (Lipinski definition) is 2. The van der Waals surface area contributed by atoms with E-state index in [1.165, 1.54) is 12.1 Å². The highest BCUT2D eigenvalue weighted by molar-refractivity contribution is 5.48. The summed E-state index contributed by atoms with van der Waals surface area (Å²) in [7, 11) is 0. The van der Waals surface area contributed by atoms with Gasteiger partial charge in [-0.2, -0.15) is 0 Å². The van der Waals surface area contributed by atoms with Crippen LogP contribution in [0.5, 0.6) is 0 Å². The predicted molar refractivity (Wildman–Crippen MR) is 66.7 cm³/mol. The summed E-state index contributed by atoms with van der Waals surface area (Å²) in [6.45, 7) is 5.71. The first-order valence-corrected chi connectivity index (χ1v) is 5.93. The van der Waals surface area contributed by atoms with Gasteiger partial charge in [-0.05, 0) is 32.0 Å². The molecule has 2 atom stereocenters. The molecule has 94 valence electrons. The van der Waals surface area contributed by atoms with E-state index in [0.29, 0.717) is 13.1 Å². The van der Waals surface area contributed by atoms with Gasteiger partial charge in [0.25, 0.3) is 0 Å². The Labute approximate surface area is 101 Å². The summed E-state index contributed by atoms with van der Waals surface area (Å²) in [5.41, 5.74) is 0.0262. The first-order valence-electron chi connectivity index (χ1n) is 5.93. The molecule has 1 fully saturated rings. The molecule has 2 unspecified atom stereocenters. The lowest BCUT2D eigenvalue weighted by Crippen LogP contribution is -2.45. The molecule has 17 heavy (non-hydrogen) atoms. The summed E-state index contributed by atoms with van der Waals surface area (Å²) in [5, 5.41) is 13.4. The SMILES string of the molecule is CC1CNCC(C)(O)CN1c1cccc(F)c1. The lowest BCUT2D eigenvalue weighted by atomic mass is 10.1. The van der Waals surface area contributed by atoms with Crippen molar-refractivity contribution in [2.75, 3.05) is 24.5 Å². The molecule has 0 saturated carbocycles. The van der Waals surface area contributed by atoms with Gasteiger partial charge in [-0.1, -0.05) is 6.07 Å². The molecule has 1 saturated heterocycles. The fourth-order valence-corrected chi connectivity index (χ4v) is 2.24. The van der Waals surface area contributed by atoms with E-state index in [1.54, 1.807) is 13.0 Å².